The number of anilines is 4. The normalized spacial score (nSPS) is 11.0. The van der Waals surface area contributed by atoms with Crippen LogP contribution in [0.1, 0.15) is 33.3 Å². The van der Waals surface area contributed by atoms with Gasteiger partial charge in [-0.25, -0.2) is 0 Å². The van der Waals surface area contributed by atoms with Crippen LogP contribution in [0.3, 0.4) is 0 Å². The highest BCUT2D eigenvalue weighted by molar-refractivity contribution is 6.31. The van der Waals surface area contributed by atoms with E-state index >= 15 is 0 Å². The van der Waals surface area contributed by atoms with E-state index < -0.39 is 0 Å². The quantitative estimate of drug-likeness (QED) is 0.734. The molecule has 0 radical (unpaired) electrons. The van der Waals surface area contributed by atoms with Crippen molar-refractivity contribution in [1.82, 2.24) is 15.0 Å². The first-order valence-corrected chi connectivity index (χ1v) is 8.03. The lowest BCUT2D eigenvalue weighted by atomic mass is 10.2. The van der Waals surface area contributed by atoms with E-state index in [2.05, 4.69) is 30.9 Å². The minimum absolute atomic E-state index is 0.228. The van der Waals surface area contributed by atoms with Gasteiger partial charge < -0.3 is 16.0 Å². The molecule has 2 aromatic rings. The average molecular weight is 335 g/mol. The summed E-state index contributed by atoms with van der Waals surface area (Å²) in [7, 11) is 0. The van der Waals surface area contributed by atoms with Gasteiger partial charge in [-0.2, -0.15) is 15.0 Å². The topological polar surface area (TPSA) is 74.8 Å². The third-order valence-corrected chi connectivity index (χ3v) is 3.31. The van der Waals surface area contributed by atoms with E-state index in [9.17, 15) is 0 Å². The Morgan fingerprint density at radius 1 is 0.870 bits per heavy atom. The maximum absolute atomic E-state index is 6.16. The number of hydrogen-bond acceptors (Lipinski definition) is 6. The van der Waals surface area contributed by atoms with Gasteiger partial charge in [0.2, 0.25) is 17.8 Å². The Bertz CT molecular complexity index is 643. The first-order valence-electron chi connectivity index (χ1n) is 7.66. The van der Waals surface area contributed by atoms with Crippen LogP contribution in [-0.2, 0) is 0 Å². The van der Waals surface area contributed by atoms with Gasteiger partial charge in [0.15, 0.2) is 0 Å². The van der Waals surface area contributed by atoms with Crippen molar-refractivity contribution in [2.75, 3.05) is 16.0 Å². The lowest BCUT2D eigenvalue weighted by Crippen LogP contribution is -2.18. The second-order valence-corrected chi connectivity index (χ2v) is 6.40. The molecule has 0 aliphatic heterocycles. The highest BCUT2D eigenvalue weighted by Crippen LogP contribution is 2.22. The van der Waals surface area contributed by atoms with Gasteiger partial charge in [-0.15, -0.1) is 0 Å². The van der Waals surface area contributed by atoms with Crippen molar-refractivity contribution in [1.29, 1.82) is 0 Å². The molecule has 7 heteroatoms. The molecule has 0 saturated carbocycles. The summed E-state index contributed by atoms with van der Waals surface area (Å²) in [4.78, 5) is 13.2. The molecule has 0 aliphatic rings. The van der Waals surface area contributed by atoms with E-state index in [0.717, 1.165) is 11.3 Å². The Balaban J connectivity index is 2.29. The molecule has 6 nitrogen and oxygen atoms in total. The molecular weight excluding hydrogens is 312 g/mol. The van der Waals surface area contributed by atoms with Gasteiger partial charge in [0, 0.05) is 22.8 Å². The van der Waals surface area contributed by atoms with Crippen LogP contribution in [0.2, 0.25) is 5.02 Å². The summed E-state index contributed by atoms with van der Waals surface area (Å²) < 4.78 is 0. The van der Waals surface area contributed by atoms with Crippen molar-refractivity contribution < 1.29 is 0 Å². The number of hydrogen-bond donors (Lipinski definition) is 3. The van der Waals surface area contributed by atoms with E-state index in [4.69, 9.17) is 11.6 Å². The standard InChI is InChI=1S/C16H23ClN6/c1-9(2)18-14-21-15(19-10(3)4)23-16(22-14)20-12-7-6-11(5)13(17)8-12/h6-10H,1-5H3,(H3,18,19,20,21,22,23). The summed E-state index contributed by atoms with van der Waals surface area (Å²) in [5.74, 6) is 1.52. The first kappa shape index (κ1) is 17.3. The van der Waals surface area contributed by atoms with Crippen molar-refractivity contribution in [2.45, 2.75) is 46.7 Å². The fourth-order valence-electron chi connectivity index (χ4n) is 1.88. The number of nitrogens with one attached hydrogen (secondary N) is 3. The van der Waals surface area contributed by atoms with Gasteiger partial charge in [-0.3, -0.25) is 0 Å². The number of benzene rings is 1. The van der Waals surface area contributed by atoms with E-state index in [-0.39, 0.29) is 12.1 Å². The molecule has 0 fully saturated rings. The molecule has 0 amide bonds. The van der Waals surface area contributed by atoms with E-state index in [1.165, 1.54) is 0 Å². The fraction of sp³-hybridized carbons (Fsp3) is 0.438. The Kier molecular flexibility index (Phi) is 5.60. The Labute approximate surface area is 142 Å². The zero-order valence-electron chi connectivity index (χ0n) is 14.1. The molecule has 3 N–H and O–H groups in total. The second kappa shape index (κ2) is 7.46. The van der Waals surface area contributed by atoms with Crippen molar-refractivity contribution >= 4 is 35.1 Å². The molecule has 1 aromatic carbocycles. The largest absolute Gasteiger partial charge is 0.352 e. The summed E-state index contributed by atoms with van der Waals surface area (Å²) in [5, 5.41) is 10.3. The van der Waals surface area contributed by atoms with E-state index in [1.54, 1.807) is 0 Å². The smallest absolute Gasteiger partial charge is 0.233 e. The summed E-state index contributed by atoms with van der Waals surface area (Å²) >= 11 is 6.16. The second-order valence-electron chi connectivity index (χ2n) is 5.99. The highest BCUT2D eigenvalue weighted by atomic mass is 35.5. The summed E-state index contributed by atoms with van der Waals surface area (Å²) in [6.07, 6.45) is 0. The van der Waals surface area contributed by atoms with Crippen LogP contribution < -0.4 is 16.0 Å². The Morgan fingerprint density at radius 2 is 1.39 bits per heavy atom. The first-order chi connectivity index (χ1) is 10.8. The van der Waals surface area contributed by atoms with Gasteiger partial charge in [0.1, 0.15) is 0 Å². The molecule has 2 rings (SSSR count). The summed E-state index contributed by atoms with van der Waals surface area (Å²) in [5.41, 5.74) is 1.86. The zero-order chi connectivity index (χ0) is 17.0. The molecule has 0 spiro atoms. The van der Waals surface area contributed by atoms with Crippen LogP contribution in [0.15, 0.2) is 18.2 Å². The van der Waals surface area contributed by atoms with Crippen molar-refractivity contribution in [2.24, 2.45) is 0 Å². The van der Waals surface area contributed by atoms with Crippen molar-refractivity contribution in [3.8, 4) is 0 Å². The zero-order valence-corrected chi connectivity index (χ0v) is 14.9. The molecule has 23 heavy (non-hydrogen) atoms. The maximum Gasteiger partial charge on any atom is 0.233 e. The van der Waals surface area contributed by atoms with Crippen molar-refractivity contribution in [3.05, 3.63) is 28.8 Å². The monoisotopic (exact) mass is 334 g/mol. The van der Waals surface area contributed by atoms with Crippen molar-refractivity contribution in [3.63, 3.8) is 0 Å². The Hall–Kier alpha value is -2.08. The number of aromatic nitrogens is 3. The van der Waals surface area contributed by atoms with Gasteiger partial charge in [0.05, 0.1) is 0 Å². The Morgan fingerprint density at radius 3 is 1.87 bits per heavy atom. The maximum atomic E-state index is 6.16. The summed E-state index contributed by atoms with van der Waals surface area (Å²) in [6.45, 7) is 10.1. The van der Waals surface area contributed by atoms with Gasteiger partial charge in [-0.1, -0.05) is 17.7 Å². The lowest BCUT2D eigenvalue weighted by molar-refractivity contribution is 0.847. The SMILES string of the molecule is Cc1ccc(Nc2nc(NC(C)C)nc(NC(C)C)n2)cc1Cl. The molecule has 0 bridgehead atoms. The predicted molar refractivity (Wildman–Crippen MR) is 96.8 cm³/mol. The average Bonchev–Trinajstić information content (AvgIpc) is 2.41. The molecule has 1 heterocycles. The van der Waals surface area contributed by atoms with Crippen LogP contribution in [0.5, 0.6) is 0 Å². The molecule has 124 valence electrons. The molecule has 0 atom stereocenters. The van der Waals surface area contributed by atoms with Crippen LogP contribution in [0.4, 0.5) is 23.5 Å². The summed E-state index contributed by atoms with van der Waals surface area (Å²) in [6, 6.07) is 6.20. The molecule has 0 aliphatic carbocycles. The molecule has 0 unspecified atom stereocenters. The van der Waals surface area contributed by atoms with Crippen LogP contribution in [0, 0.1) is 6.92 Å². The third kappa shape index (κ3) is 5.25. The molecule has 0 saturated heterocycles. The number of rotatable bonds is 6. The number of nitrogens with zero attached hydrogens (tertiary/aromatic N) is 3. The number of aryl methyl sites for hydroxylation is 1. The van der Waals surface area contributed by atoms with E-state index in [1.807, 2.05) is 52.8 Å². The third-order valence-electron chi connectivity index (χ3n) is 2.90. The highest BCUT2D eigenvalue weighted by Gasteiger charge is 2.09. The van der Waals surface area contributed by atoms with Crippen LogP contribution in [0.25, 0.3) is 0 Å². The lowest BCUT2D eigenvalue weighted by Gasteiger charge is -2.14. The fourth-order valence-corrected chi connectivity index (χ4v) is 2.06. The number of halogens is 1. The molecule has 1 aromatic heterocycles. The molecular formula is C16H23ClN6. The van der Waals surface area contributed by atoms with Crippen LogP contribution >= 0.6 is 11.6 Å². The minimum Gasteiger partial charge on any atom is -0.352 e. The van der Waals surface area contributed by atoms with Gasteiger partial charge >= 0.3 is 0 Å². The predicted octanol–water partition coefficient (Wildman–Crippen LogP) is 4.22. The van der Waals surface area contributed by atoms with Gasteiger partial charge in [0.25, 0.3) is 0 Å². The van der Waals surface area contributed by atoms with Gasteiger partial charge in [-0.05, 0) is 52.3 Å². The minimum atomic E-state index is 0.228. The van der Waals surface area contributed by atoms with Crippen LogP contribution in [-0.4, -0.2) is 27.0 Å². The van der Waals surface area contributed by atoms with E-state index in [0.29, 0.717) is 22.9 Å².